The van der Waals surface area contributed by atoms with Crippen LogP contribution < -0.4 is 0 Å². The minimum atomic E-state index is 0.460. The van der Waals surface area contributed by atoms with Gasteiger partial charge in [0.2, 0.25) is 0 Å². The van der Waals surface area contributed by atoms with E-state index in [0.29, 0.717) is 11.8 Å². The van der Waals surface area contributed by atoms with E-state index in [-0.39, 0.29) is 0 Å². The van der Waals surface area contributed by atoms with Gasteiger partial charge in [0.05, 0.1) is 11.2 Å². The van der Waals surface area contributed by atoms with Gasteiger partial charge in [0.25, 0.3) is 0 Å². The zero-order chi connectivity index (χ0) is 16.4. The quantitative estimate of drug-likeness (QED) is 0.559. The summed E-state index contributed by atoms with van der Waals surface area (Å²) >= 11 is 0. The molecule has 118 valence electrons. The van der Waals surface area contributed by atoms with Crippen molar-refractivity contribution in [3.8, 4) is 0 Å². The van der Waals surface area contributed by atoms with Crippen molar-refractivity contribution >= 4 is 22.8 Å². The van der Waals surface area contributed by atoms with Crippen LogP contribution in [0.2, 0.25) is 0 Å². The van der Waals surface area contributed by atoms with Crippen LogP contribution in [0.5, 0.6) is 0 Å². The lowest BCUT2D eigenvalue weighted by molar-refractivity contribution is 0.835. The lowest BCUT2D eigenvalue weighted by Gasteiger charge is -2.16. The number of benzene rings is 2. The molecule has 0 atom stereocenters. The molecule has 0 aliphatic heterocycles. The minimum absolute atomic E-state index is 0.460. The van der Waals surface area contributed by atoms with E-state index in [1.165, 1.54) is 16.5 Å². The summed E-state index contributed by atoms with van der Waals surface area (Å²) in [4.78, 5) is 8.21. The fourth-order valence-electron chi connectivity index (χ4n) is 3.01. The lowest BCUT2D eigenvalue weighted by Crippen LogP contribution is -1.96. The second kappa shape index (κ2) is 6.41. The third-order valence-electron chi connectivity index (χ3n) is 4.29. The largest absolute Gasteiger partial charge is 0.361 e. The molecule has 2 heteroatoms. The molecule has 2 aromatic carbocycles. The lowest BCUT2D eigenvalue weighted by atomic mass is 9.93. The summed E-state index contributed by atoms with van der Waals surface area (Å²) in [5, 5.41) is 1.22. The molecule has 3 aromatic rings. The number of hydrogen-bond donors (Lipinski definition) is 1. The highest BCUT2D eigenvalue weighted by atomic mass is 14.7. The third-order valence-corrected chi connectivity index (χ3v) is 4.29. The third kappa shape index (κ3) is 3.07. The number of aromatic amines is 1. The van der Waals surface area contributed by atoms with Crippen molar-refractivity contribution in [2.24, 2.45) is 4.99 Å². The second-order valence-corrected chi connectivity index (χ2v) is 6.64. The first-order chi connectivity index (χ1) is 11.1. The number of fused-ring (bicyclic) bond motifs is 1. The molecule has 0 spiro atoms. The average Bonchev–Trinajstić information content (AvgIpc) is 3.01. The van der Waals surface area contributed by atoms with Crippen molar-refractivity contribution in [1.29, 1.82) is 0 Å². The van der Waals surface area contributed by atoms with Crippen LogP contribution in [0.15, 0.2) is 53.7 Å². The number of rotatable bonds is 4. The summed E-state index contributed by atoms with van der Waals surface area (Å²) in [7, 11) is 0. The highest BCUT2D eigenvalue weighted by Gasteiger charge is 2.12. The van der Waals surface area contributed by atoms with Crippen LogP contribution in [-0.2, 0) is 0 Å². The first-order valence-corrected chi connectivity index (χ1v) is 8.31. The fraction of sp³-hybridized carbons (Fsp3) is 0.286. The van der Waals surface area contributed by atoms with Crippen LogP contribution in [0.4, 0.5) is 5.69 Å². The second-order valence-electron chi connectivity index (χ2n) is 6.64. The molecule has 3 rings (SSSR count). The van der Waals surface area contributed by atoms with Crippen LogP contribution in [0.25, 0.3) is 10.9 Å². The van der Waals surface area contributed by atoms with Crippen molar-refractivity contribution in [3.63, 3.8) is 0 Å². The number of nitrogens with one attached hydrogen (secondary N) is 1. The molecule has 1 aromatic heterocycles. The summed E-state index contributed by atoms with van der Waals surface area (Å²) in [6.07, 6.45) is 3.97. The number of nitrogens with zero attached hydrogens (tertiary/aromatic N) is 1. The molecule has 0 saturated carbocycles. The minimum Gasteiger partial charge on any atom is -0.361 e. The molecule has 0 amide bonds. The topological polar surface area (TPSA) is 28.1 Å². The molecule has 0 radical (unpaired) electrons. The van der Waals surface area contributed by atoms with Crippen LogP contribution in [0.1, 0.15) is 56.2 Å². The Labute approximate surface area is 138 Å². The Kier molecular flexibility index (Phi) is 4.33. The Morgan fingerprint density at radius 1 is 0.870 bits per heavy atom. The van der Waals surface area contributed by atoms with Crippen LogP contribution in [0.3, 0.4) is 0 Å². The maximum absolute atomic E-state index is 4.90. The van der Waals surface area contributed by atoms with E-state index < -0.39 is 0 Å². The Balaban J connectivity index is 2.10. The Bertz CT molecular complexity index is 812. The van der Waals surface area contributed by atoms with Crippen LogP contribution >= 0.6 is 0 Å². The number of H-pyrrole nitrogens is 1. The van der Waals surface area contributed by atoms with E-state index in [1.54, 1.807) is 0 Å². The van der Waals surface area contributed by atoms with Gasteiger partial charge >= 0.3 is 0 Å². The molecule has 1 N–H and O–H groups in total. The summed E-state index contributed by atoms with van der Waals surface area (Å²) < 4.78 is 0. The predicted octanol–water partition coefficient (Wildman–Crippen LogP) is 6.17. The normalized spacial score (nSPS) is 12.1. The fourth-order valence-corrected chi connectivity index (χ4v) is 3.01. The van der Waals surface area contributed by atoms with E-state index >= 15 is 0 Å². The van der Waals surface area contributed by atoms with Crippen LogP contribution in [0, 0.1) is 0 Å². The molecule has 23 heavy (non-hydrogen) atoms. The van der Waals surface area contributed by atoms with Gasteiger partial charge in [0, 0.05) is 23.4 Å². The maximum atomic E-state index is 4.90. The molecular formula is C21H24N2. The molecule has 0 bridgehead atoms. The van der Waals surface area contributed by atoms with Crippen molar-refractivity contribution in [3.05, 3.63) is 65.4 Å². The number of hydrogen-bond acceptors (Lipinski definition) is 1. The van der Waals surface area contributed by atoms with Gasteiger partial charge in [-0.2, -0.15) is 0 Å². The van der Waals surface area contributed by atoms with Crippen molar-refractivity contribution in [2.45, 2.75) is 39.5 Å². The molecule has 0 aliphatic carbocycles. The zero-order valence-electron chi connectivity index (χ0n) is 14.3. The number of para-hydroxylation sites is 2. The van der Waals surface area contributed by atoms with Crippen molar-refractivity contribution in [2.75, 3.05) is 0 Å². The Hall–Kier alpha value is -2.35. The zero-order valence-corrected chi connectivity index (χ0v) is 14.3. The van der Waals surface area contributed by atoms with Gasteiger partial charge in [-0.3, -0.25) is 4.99 Å². The van der Waals surface area contributed by atoms with Gasteiger partial charge in [-0.25, -0.2) is 0 Å². The maximum Gasteiger partial charge on any atom is 0.0699 e. The molecule has 1 heterocycles. The molecule has 0 fully saturated rings. The van der Waals surface area contributed by atoms with E-state index in [9.17, 15) is 0 Å². The van der Waals surface area contributed by atoms with Gasteiger partial charge < -0.3 is 4.98 Å². The summed E-state index contributed by atoms with van der Waals surface area (Å²) in [6.45, 7) is 8.91. The highest BCUT2D eigenvalue weighted by molar-refractivity contribution is 5.98. The van der Waals surface area contributed by atoms with Gasteiger partial charge in [-0.15, -0.1) is 0 Å². The first kappa shape index (κ1) is 15.5. The molecule has 0 saturated heterocycles. The smallest absolute Gasteiger partial charge is 0.0699 e. The van der Waals surface area contributed by atoms with Gasteiger partial charge in [0.1, 0.15) is 0 Å². The standard InChI is InChI=1S/C21H24N2/c1-14(2)18-9-6-10-19(15(3)4)21(18)23-13-17-8-5-7-16-11-12-22-20(16)17/h5-15,22H,1-4H3. The number of aliphatic imine (C=N–C) groups is 1. The first-order valence-electron chi connectivity index (χ1n) is 8.31. The number of aromatic nitrogens is 1. The van der Waals surface area contributed by atoms with Crippen molar-refractivity contribution < 1.29 is 0 Å². The van der Waals surface area contributed by atoms with Crippen molar-refractivity contribution in [1.82, 2.24) is 4.98 Å². The van der Waals surface area contributed by atoms with E-state index in [1.807, 2.05) is 12.4 Å². The summed E-state index contributed by atoms with van der Waals surface area (Å²) in [5.74, 6) is 0.921. The molecule has 0 unspecified atom stereocenters. The highest BCUT2D eigenvalue weighted by Crippen LogP contribution is 2.34. The van der Waals surface area contributed by atoms with Gasteiger partial charge in [-0.05, 0) is 29.0 Å². The van der Waals surface area contributed by atoms with Gasteiger partial charge in [-0.1, -0.05) is 64.1 Å². The Morgan fingerprint density at radius 2 is 1.52 bits per heavy atom. The van der Waals surface area contributed by atoms with E-state index in [2.05, 4.69) is 75.1 Å². The molecule has 0 aliphatic rings. The van der Waals surface area contributed by atoms with Gasteiger partial charge in [0.15, 0.2) is 0 Å². The van der Waals surface area contributed by atoms with Crippen LogP contribution in [-0.4, -0.2) is 11.2 Å². The molecule has 2 nitrogen and oxygen atoms in total. The monoisotopic (exact) mass is 304 g/mol. The average molecular weight is 304 g/mol. The van der Waals surface area contributed by atoms with E-state index in [0.717, 1.165) is 16.8 Å². The Morgan fingerprint density at radius 3 is 2.17 bits per heavy atom. The predicted molar refractivity (Wildman–Crippen MR) is 100 cm³/mol. The summed E-state index contributed by atoms with van der Waals surface area (Å²) in [6, 6.07) is 14.9. The summed E-state index contributed by atoms with van der Waals surface area (Å²) in [5.41, 5.74) is 6.02. The van der Waals surface area contributed by atoms with E-state index in [4.69, 9.17) is 4.99 Å². The molecular weight excluding hydrogens is 280 g/mol. The SMILES string of the molecule is CC(C)c1cccc(C(C)C)c1N=Cc1cccc2cc[nH]c12.